The molecule has 0 saturated heterocycles. The molecule has 1 N–H and O–H groups in total. The van der Waals surface area contributed by atoms with Crippen LogP contribution >= 0.6 is 0 Å². The third-order valence-corrected chi connectivity index (χ3v) is 4.21. The molecule has 2 bridgehead atoms. The van der Waals surface area contributed by atoms with E-state index in [1.54, 1.807) is 0 Å². The van der Waals surface area contributed by atoms with Gasteiger partial charge in [-0.25, -0.2) is 0 Å². The summed E-state index contributed by atoms with van der Waals surface area (Å²) in [4.78, 5) is 10.8. The minimum Gasteiger partial charge on any atom is -0.481 e. The van der Waals surface area contributed by atoms with Gasteiger partial charge in [-0.05, 0) is 36.5 Å². The molecule has 2 rings (SSSR count). The first-order valence-corrected chi connectivity index (χ1v) is 4.84. The lowest BCUT2D eigenvalue weighted by molar-refractivity contribution is -0.144. The van der Waals surface area contributed by atoms with Gasteiger partial charge in [0.25, 0.3) is 0 Å². The summed E-state index contributed by atoms with van der Waals surface area (Å²) in [5.41, 5.74) is 0. The maximum Gasteiger partial charge on any atom is 0.306 e. The SMILES string of the molecule is C.C.C.CC1C2CC(C(=O)O)C(C2)C1C. The molecule has 0 aromatic carbocycles. The molecule has 0 heterocycles. The average molecular weight is 216 g/mol. The Morgan fingerprint density at radius 3 is 1.93 bits per heavy atom. The van der Waals surface area contributed by atoms with E-state index in [4.69, 9.17) is 5.11 Å². The van der Waals surface area contributed by atoms with E-state index in [9.17, 15) is 4.79 Å². The lowest BCUT2D eigenvalue weighted by Gasteiger charge is -2.29. The van der Waals surface area contributed by atoms with Gasteiger partial charge >= 0.3 is 5.97 Å². The highest BCUT2D eigenvalue weighted by atomic mass is 16.4. The van der Waals surface area contributed by atoms with Crippen LogP contribution in [0.2, 0.25) is 0 Å². The second-order valence-electron chi connectivity index (χ2n) is 4.56. The van der Waals surface area contributed by atoms with Crippen LogP contribution in [0.25, 0.3) is 0 Å². The highest BCUT2D eigenvalue weighted by molar-refractivity contribution is 5.71. The Kier molecular flexibility index (Phi) is 6.22. The standard InChI is InChI=1S/C10H16O2.3CH4/c1-5-6(2)8-3-7(5)4-9(8)10(11)12;;;/h5-9H,3-4H2,1-2H3,(H,11,12);3*1H4. The van der Waals surface area contributed by atoms with Crippen LogP contribution in [-0.2, 0) is 4.79 Å². The summed E-state index contributed by atoms with van der Waals surface area (Å²) in [7, 11) is 0. The van der Waals surface area contributed by atoms with Crippen molar-refractivity contribution in [1.82, 2.24) is 0 Å². The zero-order valence-corrected chi connectivity index (χ0v) is 7.66. The lowest BCUT2D eigenvalue weighted by Crippen LogP contribution is -2.29. The molecule has 0 spiro atoms. The summed E-state index contributed by atoms with van der Waals surface area (Å²) in [5, 5.41) is 8.94. The molecule has 15 heavy (non-hydrogen) atoms. The zero-order valence-electron chi connectivity index (χ0n) is 7.66. The Bertz CT molecular complexity index is 211. The van der Waals surface area contributed by atoms with Crippen molar-refractivity contribution in [3.05, 3.63) is 0 Å². The number of aliphatic carboxylic acids is 1. The first-order chi connectivity index (χ1) is 5.61. The average Bonchev–Trinajstić information content (AvgIpc) is 2.53. The third kappa shape index (κ3) is 2.35. The summed E-state index contributed by atoms with van der Waals surface area (Å²) < 4.78 is 0. The van der Waals surface area contributed by atoms with Crippen molar-refractivity contribution in [2.75, 3.05) is 0 Å². The second kappa shape index (κ2) is 5.53. The molecule has 5 atom stereocenters. The Labute approximate surface area is 95.1 Å². The summed E-state index contributed by atoms with van der Waals surface area (Å²) in [6, 6.07) is 0. The number of hydrogen-bond donors (Lipinski definition) is 1. The van der Waals surface area contributed by atoms with E-state index in [1.807, 2.05) is 0 Å². The van der Waals surface area contributed by atoms with E-state index in [2.05, 4.69) is 13.8 Å². The minimum absolute atomic E-state index is 0. The van der Waals surface area contributed by atoms with Gasteiger partial charge in [0.2, 0.25) is 0 Å². The van der Waals surface area contributed by atoms with E-state index in [0.717, 1.165) is 12.3 Å². The molecule has 2 heteroatoms. The fourth-order valence-electron chi connectivity index (χ4n) is 3.22. The molecule has 0 aromatic heterocycles. The summed E-state index contributed by atoms with van der Waals surface area (Å²) in [6.07, 6.45) is 2.10. The van der Waals surface area contributed by atoms with Crippen molar-refractivity contribution in [2.45, 2.75) is 49.0 Å². The molecule has 92 valence electrons. The molecule has 5 unspecified atom stereocenters. The van der Waals surface area contributed by atoms with E-state index in [0.29, 0.717) is 17.8 Å². The van der Waals surface area contributed by atoms with Gasteiger partial charge in [0, 0.05) is 0 Å². The van der Waals surface area contributed by atoms with Crippen LogP contribution < -0.4 is 0 Å². The van der Waals surface area contributed by atoms with E-state index in [-0.39, 0.29) is 28.2 Å². The van der Waals surface area contributed by atoms with Crippen molar-refractivity contribution in [2.24, 2.45) is 29.6 Å². The molecule has 0 aromatic rings. The predicted octanol–water partition coefficient (Wildman–Crippen LogP) is 3.91. The van der Waals surface area contributed by atoms with Gasteiger partial charge in [-0.3, -0.25) is 4.79 Å². The maximum atomic E-state index is 10.8. The van der Waals surface area contributed by atoms with Gasteiger partial charge in [-0.1, -0.05) is 36.1 Å². The van der Waals surface area contributed by atoms with Crippen LogP contribution in [0.15, 0.2) is 0 Å². The highest BCUT2D eigenvalue weighted by Gasteiger charge is 2.51. The topological polar surface area (TPSA) is 37.3 Å². The van der Waals surface area contributed by atoms with Crippen LogP contribution in [0.3, 0.4) is 0 Å². The van der Waals surface area contributed by atoms with Gasteiger partial charge in [0.1, 0.15) is 0 Å². The monoisotopic (exact) mass is 216 g/mol. The maximum absolute atomic E-state index is 10.8. The molecule has 0 aliphatic heterocycles. The summed E-state index contributed by atoms with van der Waals surface area (Å²) in [5.74, 6) is 1.96. The largest absolute Gasteiger partial charge is 0.481 e. The van der Waals surface area contributed by atoms with Crippen LogP contribution in [0.4, 0.5) is 0 Å². The minimum atomic E-state index is -0.568. The Hall–Kier alpha value is -0.530. The van der Waals surface area contributed by atoms with Gasteiger partial charge in [0.15, 0.2) is 0 Å². The van der Waals surface area contributed by atoms with Crippen molar-refractivity contribution in [3.63, 3.8) is 0 Å². The summed E-state index contributed by atoms with van der Waals surface area (Å²) >= 11 is 0. The van der Waals surface area contributed by atoms with Crippen molar-refractivity contribution >= 4 is 5.97 Å². The fourth-order valence-corrected chi connectivity index (χ4v) is 3.22. The van der Waals surface area contributed by atoms with Crippen LogP contribution in [0, 0.1) is 29.6 Å². The van der Waals surface area contributed by atoms with E-state index < -0.39 is 5.97 Å². The molecular formula is C13H28O2. The van der Waals surface area contributed by atoms with E-state index >= 15 is 0 Å². The Morgan fingerprint density at radius 2 is 1.60 bits per heavy atom. The second-order valence-corrected chi connectivity index (χ2v) is 4.56. The normalized spacial score (nSPS) is 41.1. The van der Waals surface area contributed by atoms with Gasteiger partial charge in [-0.15, -0.1) is 0 Å². The number of carbonyl (C=O) groups is 1. The smallest absolute Gasteiger partial charge is 0.306 e. The van der Waals surface area contributed by atoms with Crippen molar-refractivity contribution in [1.29, 1.82) is 0 Å². The van der Waals surface area contributed by atoms with Crippen molar-refractivity contribution < 1.29 is 9.90 Å². The summed E-state index contributed by atoms with van der Waals surface area (Å²) in [6.45, 7) is 4.48. The molecule has 2 aliphatic rings. The highest BCUT2D eigenvalue weighted by Crippen LogP contribution is 2.54. The van der Waals surface area contributed by atoms with Gasteiger partial charge in [0.05, 0.1) is 5.92 Å². The van der Waals surface area contributed by atoms with Crippen molar-refractivity contribution in [3.8, 4) is 0 Å². The molecule has 0 radical (unpaired) electrons. The number of hydrogen-bond acceptors (Lipinski definition) is 1. The van der Waals surface area contributed by atoms with Gasteiger partial charge in [-0.2, -0.15) is 0 Å². The Morgan fingerprint density at radius 1 is 1.07 bits per heavy atom. The fraction of sp³-hybridized carbons (Fsp3) is 0.923. The molecule has 2 fully saturated rings. The molecular weight excluding hydrogens is 188 g/mol. The molecule has 0 amide bonds. The predicted molar refractivity (Wildman–Crippen MR) is 65.9 cm³/mol. The number of carboxylic acids is 1. The van der Waals surface area contributed by atoms with Crippen LogP contribution in [0.1, 0.15) is 49.0 Å². The van der Waals surface area contributed by atoms with Crippen LogP contribution in [0.5, 0.6) is 0 Å². The molecule has 2 aliphatic carbocycles. The molecule has 2 saturated carbocycles. The number of carboxylic acid groups (broad SMARTS) is 1. The number of rotatable bonds is 1. The zero-order chi connectivity index (χ0) is 8.88. The first-order valence-electron chi connectivity index (χ1n) is 4.84. The number of fused-ring (bicyclic) bond motifs is 2. The van der Waals surface area contributed by atoms with Gasteiger partial charge < -0.3 is 5.11 Å². The van der Waals surface area contributed by atoms with E-state index in [1.165, 1.54) is 6.42 Å². The van der Waals surface area contributed by atoms with Crippen LogP contribution in [-0.4, -0.2) is 11.1 Å². The first kappa shape index (κ1) is 16.9. The lowest BCUT2D eigenvalue weighted by atomic mass is 9.76. The third-order valence-electron chi connectivity index (χ3n) is 4.21. The quantitative estimate of drug-likeness (QED) is 0.721. The Balaban J connectivity index is 0. The molecule has 2 nitrogen and oxygen atoms in total.